The van der Waals surface area contributed by atoms with Crippen LogP contribution < -0.4 is 24.6 Å². The largest absolute Gasteiger partial charge is 0.456 e. The lowest BCUT2D eigenvalue weighted by Gasteiger charge is -2.37. The molecule has 9 rings (SSSR count). The van der Waals surface area contributed by atoms with Crippen LogP contribution in [0.1, 0.15) is 80.4 Å². The fraction of sp³-hybridized carbons (Fsp3) is 0.204. The molecule has 10 nitrogen and oxygen atoms in total. The number of carbonyl (C=O) groups excluding carboxylic acids is 3. The standard InChI is InChI=1S/C49H43N3O7/c1-7-52(8-2)35-20-24-40-45(27-35)57-44-25-29(3)43(28-42(44)49(40)39-12-10-9-11-37(39)46(54)59-49)50-33-17-13-31(14-18-33)48(32-15-21-36(22-16-32)56-30(4)53)41-26-34(51(5)6)19-23-38(41)47(55)58-48/h9-28,50H,7-8H2,1-6H3. The zero-order chi connectivity index (χ0) is 41.2. The molecule has 0 saturated heterocycles. The van der Waals surface area contributed by atoms with Gasteiger partial charge in [-0.3, -0.25) is 4.79 Å². The Morgan fingerprint density at radius 3 is 1.97 bits per heavy atom. The SMILES string of the molecule is CCN(CC)c1ccc2c(c1)Oc1cc(C)c(Nc3ccc(C4(c5ccc(OC(C)=O)cc5)OC(=O)c5ccc(N(C)C)cc54)cc3)cc1C21OC(=O)c2ccccc21. The molecule has 6 aromatic carbocycles. The van der Waals surface area contributed by atoms with E-state index in [0.29, 0.717) is 45.1 Å². The van der Waals surface area contributed by atoms with Gasteiger partial charge >= 0.3 is 17.9 Å². The molecule has 3 heterocycles. The normalized spacial score (nSPS) is 18.1. The second-order valence-electron chi connectivity index (χ2n) is 15.2. The van der Waals surface area contributed by atoms with Gasteiger partial charge in [-0.05, 0) is 99.1 Å². The number of ether oxygens (including phenoxy) is 4. The van der Waals surface area contributed by atoms with E-state index >= 15 is 0 Å². The molecule has 1 N–H and O–H groups in total. The summed E-state index contributed by atoms with van der Waals surface area (Å²) in [7, 11) is 3.90. The second-order valence-corrected chi connectivity index (χ2v) is 15.2. The summed E-state index contributed by atoms with van der Waals surface area (Å²) in [5.41, 5.74) is 7.30. The van der Waals surface area contributed by atoms with Crippen molar-refractivity contribution in [3.63, 3.8) is 0 Å². The van der Waals surface area contributed by atoms with E-state index in [2.05, 4.69) is 30.1 Å². The van der Waals surface area contributed by atoms with Gasteiger partial charge in [0.2, 0.25) is 0 Å². The molecule has 0 amide bonds. The van der Waals surface area contributed by atoms with E-state index in [4.69, 9.17) is 18.9 Å². The van der Waals surface area contributed by atoms with Crippen LogP contribution in [-0.2, 0) is 25.5 Å². The number of anilines is 4. The molecule has 1 spiro atoms. The van der Waals surface area contributed by atoms with Gasteiger partial charge in [0, 0.05) is 96.3 Å². The predicted molar refractivity (Wildman–Crippen MR) is 227 cm³/mol. The topological polar surface area (TPSA) is 107 Å². The quantitative estimate of drug-likeness (QED) is 0.113. The van der Waals surface area contributed by atoms with E-state index in [1.54, 1.807) is 18.2 Å². The van der Waals surface area contributed by atoms with Crippen molar-refractivity contribution in [3.8, 4) is 17.2 Å². The van der Waals surface area contributed by atoms with Gasteiger partial charge < -0.3 is 34.1 Å². The molecule has 10 heteroatoms. The van der Waals surface area contributed by atoms with Crippen molar-refractivity contribution < 1.29 is 33.3 Å². The summed E-state index contributed by atoms with van der Waals surface area (Å²) in [5, 5.41) is 3.61. The third kappa shape index (κ3) is 5.89. The van der Waals surface area contributed by atoms with E-state index in [0.717, 1.165) is 58.1 Å². The molecule has 2 atom stereocenters. The molecule has 0 aliphatic carbocycles. The Kier molecular flexibility index (Phi) is 8.96. The van der Waals surface area contributed by atoms with Crippen molar-refractivity contribution >= 4 is 40.7 Å². The summed E-state index contributed by atoms with van der Waals surface area (Å²) in [6, 6.07) is 38.2. The zero-order valence-electron chi connectivity index (χ0n) is 33.7. The first-order valence-electron chi connectivity index (χ1n) is 19.7. The maximum Gasteiger partial charge on any atom is 0.340 e. The summed E-state index contributed by atoms with van der Waals surface area (Å²) in [5.74, 6) is 0.390. The van der Waals surface area contributed by atoms with Crippen LogP contribution >= 0.6 is 0 Å². The van der Waals surface area contributed by atoms with Gasteiger partial charge in [-0.15, -0.1) is 0 Å². The van der Waals surface area contributed by atoms with Gasteiger partial charge in [0.25, 0.3) is 0 Å². The van der Waals surface area contributed by atoms with Crippen molar-refractivity contribution in [1.29, 1.82) is 0 Å². The molecular formula is C49H43N3O7. The average molecular weight is 786 g/mol. The molecule has 3 aliphatic heterocycles. The summed E-state index contributed by atoms with van der Waals surface area (Å²) in [6.45, 7) is 9.28. The third-order valence-electron chi connectivity index (χ3n) is 11.6. The van der Waals surface area contributed by atoms with Gasteiger partial charge in [0.1, 0.15) is 17.2 Å². The Morgan fingerprint density at radius 1 is 0.661 bits per heavy atom. The Bertz CT molecular complexity index is 2690. The van der Waals surface area contributed by atoms with Crippen molar-refractivity contribution in [1.82, 2.24) is 0 Å². The molecule has 0 fully saturated rings. The minimum Gasteiger partial charge on any atom is -0.456 e. The molecule has 0 aromatic heterocycles. The van der Waals surface area contributed by atoms with E-state index in [-0.39, 0.29) is 5.97 Å². The average Bonchev–Trinajstić information content (AvgIpc) is 3.70. The molecule has 0 saturated carbocycles. The van der Waals surface area contributed by atoms with Crippen molar-refractivity contribution in [2.24, 2.45) is 0 Å². The Labute approximate surface area is 342 Å². The highest BCUT2D eigenvalue weighted by molar-refractivity contribution is 5.98. The van der Waals surface area contributed by atoms with Crippen molar-refractivity contribution in [2.75, 3.05) is 42.3 Å². The number of hydrogen-bond acceptors (Lipinski definition) is 10. The summed E-state index contributed by atoms with van der Waals surface area (Å²) in [6.07, 6.45) is 0. The number of aryl methyl sites for hydroxylation is 1. The zero-order valence-corrected chi connectivity index (χ0v) is 33.7. The van der Waals surface area contributed by atoms with Crippen molar-refractivity contribution in [2.45, 2.75) is 38.9 Å². The number of cyclic esters (lactones) is 1. The number of carbonyl (C=O) groups is 3. The maximum atomic E-state index is 13.6. The molecule has 2 unspecified atom stereocenters. The van der Waals surface area contributed by atoms with Crippen molar-refractivity contribution in [3.05, 3.63) is 171 Å². The molecule has 296 valence electrons. The summed E-state index contributed by atoms with van der Waals surface area (Å²) in [4.78, 5) is 43.1. The van der Waals surface area contributed by atoms with Crippen LogP contribution in [0.15, 0.2) is 121 Å². The molecular weight excluding hydrogens is 743 g/mol. The lowest BCUT2D eigenvalue weighted by Crippen LogP contribution is -2.33. The van der Waals surface area contributed by atoms with E-state index in [1.807, 2.05) is 123 Å². The Balaban J connectivity index is 1.12. The van der Waals surface area contributed by atoms with Crippen LogP contribution in [0.4, 0.5) is 22.7 Å². The highest BCUT2D eigenvalue weighted by Crippen LogP contribution is 2.57. The number of esters is 3. The first-order valence-corrected chi connectivity index (χ1v) is 19.7. The van der Waals surface area contributed by atoms with Crippen LogP contribution in [0, 0.1) is 6.92 Å². The molecule has 0 bridgehead atoms. The molecule has 0 radical (unpaired) electrons. The van der Waals surface area contributed by atoms with Gasteiger partial charge in [0.05, 0.1) is 11.1 Å². The fourth-order valence-corrected chi connectivity index (χ4v) is 8.72. The third-order valence-corrected chi connectivity index (χ3v) is 11.6. The maximum absolute atomic E-state index is 13.6. The minimum absolute atomic E-state index is 0.388. The lowest BCUT2D eigenvalue weighted by atomic mass is 9.77. The van der Waals surface area contributed by atoms with Crippen LogP contribution in [0.5, 0.6) is 17.2 Å². The van der Waals surface area contributed by atoms with Gasteiger partial charge in [-0.25, -0.2) is 9.59 Å². The summed E-state index contributed by atoms with van der Waals surface area (Å²) >= 11 is 0. The first kappa shape index (κ1) is 37.5. The highest BCUT2D eigenvalue weighted by atomic mass is 16.6. The van der Waals surface area contributed by atoms with Crippen LogP contribution in [0.2, 0.25) is 0 Å². The number of fused-ring (bicyclic) bond motifs is 7. The molecule has 3 aliphatic rings. The number of rotatable bonds is 9. The minimum atomic E-state index is -1.28. The van der Waals surface area contributed by atoms with E-state index in [9.17, 15) is 14.4 Å². The Hall–Kier alpha value is -7.07. The number of nitrogens with one attached hydrogen (secondary N) is 1. The van der Waals surface area contributed by atoms with Crippen LogP contribution in [0.3, 0.4) is 0 Å². The predicted octanol–water partition coefficient (Wildman–Crippen LogP) is 9.61. The lowest BCUT2D eigenvalue weighted by molar-refractivity contribution is -0.131. The van der Waals surface area contributed by atoms with Gasteiger partial charge in [-0.2, -0.15) is 0 Å². The number of nitrogens with zero attached hydrogens (tertiary/aromatic N) is 2. The van der Waals surface area contributed by atoms with Gasteiger partial charge in [0.15, 0.2) is 11.2 Å². The van der Waals surface area contributed by atoms with E-state index < -0.39 is 23.1 Å². The summed E-state index contributed by atoms with van der Waals surface area (Å²) < 4.78 is 24.9. The Morgan fingerprint density at radius 2 is 1.29 bits per heavy atom. The van der Waals surface area contributed by atoms with Gasteiger partial charge in [-0.1, -0.05) is 42.5 Å². The van der Waals surface area contributed by atoms with Crippen LogP contribution in [0.25, 0.3) is 0 Å². The number of benzene rings is 6. The smallest absolute Gasteiger partial charge is 0.340 e. The first-order chi connectivity index (χ1) is 28.5. The fourth-order valence-electron chi connectivity index (χ4n) is 8.72. The molecule has 6 aromatic rings. The number of hydrogen-bond donors (Lipinski definition) is 1. The molecule has 59 heavy (non-hydrogen) atoms. The van der Waals surface area contributed by atoms with Crippen LogP contribution in [-0.4, -0.2) is 45.1 Å². The highest BCUT2D eigenvalue weighted by Gasteiger charge is 2.54. The van der Waals surface area contributed by atoms with E-state index in [1.165, 1.54) is 6.92 Å². The second kappa shape index (κ2) is 14.1. The monoisotopic (exact) mass is 785 g/mol.